The Bertz CT molecular complexity index is 380. The molecule has 92 valence electrons. The van der Waals surface area contributed by atoms with E-state index in [4.69, 9.17) is 5.11 Å². The quantitative estimate of drug-likeness (QED) is 0.864. The zero-order valence-electron chi connectivity index (χ0n) is 10.4. The molecule has 2 nitrogen and oxygen atoms in total. The van der Waals surface area contributed by atoms with Crippen molar-refractivity contribution < 1.29 is 9.90 Å². The molecule has 0 radical (unpaired) electrons. The molecule has 2 rings (SSSR count). The average Bonchev–Trinajstić information content (AvgIpc) is 2.39. The van der Waals surface area contributed by atoms with E-state index in [1.165, 1.54) is 11.1 Å². The van der Waals surface area contributed by atoms with Crippen molar-refractivity contribution in [1.29, 1.82) is 0 Å². The fourth-order valence-corrected chi connectivity index (χ4v) is 2.74. The number of carboxylic acid groups (broad SMARTS) is 1. The molecule has 0 spiro atoms. The van der Waals surface area contributed by atoms with Gasteiger partial charge in [0.15, 0.2) is 0 Å². The van der Waals surface area contributed by atoms with E-state index in [0.29, 0.717) is 5.92 Å². The van der Waals surface area contributed by atoms with Crippen LogP contribution in [-0.4, -0.2) is 11.1 Å². The first-order valence-electron chi connectivity index (χ1n) is 6.52. The Morgan fingerprint density at radius 2 is 2.00 bits per heavy atom. The summed E-state index contributed by atoms with van der Waals surface area (Å²) in [5, 5.41) is 9.09. The first kappa shape index (κ1) is 12.2. The average molecular weight is 232 g/mol. The van der Waals surface area contributed by atoms with Crippen LogP contribution in [0.5, 0.6) is 0 Å². The highest BCUT2D eigenvalue weighted by molar-refractivity contribution is 5.70. The van der Waals surface area contributed by atoms with Crippen molar-refractivity contribution in [3.8, 4) is 0 Å². The van der Waals surface area contributed by atoms with E-state index in [9.17, 15) is 4.79 Å². The van der Waals surface area contributed by atoms with Gasteiger partial charge in [0.05, 0.1) is 5.92 Å². The van der Waals surface area contributed by atoms with Gasteiger partial charge in [0.2, 0.25) is 0 Å². The maximum Gasteiger partial charge on any atom is 0.306 e. The lowest BCUT2D eigenvalue weighted by atomic mass is 9.78. The minimum atomic E-state index is -0.625. The van der Waals surface area contributed by atoms with Gasteiger partial charge < -0.3 is 5.11 Å². The van der Waals surface area contributed by atoms with Gasteiger partial charge in [-0.2, -0.15) is 0 Å². The zero-order chi connectivity index (χ0) is 12.3. The maximum atomic E-state index is 11.0. The highest BCUT2D eigenvalue weighted by atomic mass is 16.4. The van der Waals surface area contributed by atoms with Crippen LogP contribution in [0.25, 0.3) is 0 Å². The lowest BCUT2D eigenvalue weighted by molar-refractivity contribution is -0.142. The van der Waals surface area contributed by atoms with Gasteiger partial charge in [-0.1, -0.05) is 37.6 Å². The normalized spacial score (nSPS) is 24.5. The van der Waals surface area contributed by atoms with Crippen LogP contribution in [0, 0.1) is 5.92 Å². The number of benzene rings is 1. The third kappa shape index (κ3) is 2.87. The monoisotopic (exact) mass is 232 g/mol. The Morgan fingerprint density at radius 3 is 2.59 bits per heavy atom. The number of aliphatic carboxylic acids is 1. The summed E-state index contributed by atoms with van der Waals surface area (Å²) in [5.74, 6) is -0.324. The number of hydrogen-bond acceptors (Lipinski definition) is 1. The SMILES string of the molecule is CCc1ccc(C2CCCC(C(=O)O)C2)cc1. The maximum absolute atomic E-state index is 11.0. The standard InChI is InChI=1S/C15H20O2/c1-2-11-6-8-12(9-7-11)13-4-3-5-14(10-13)15(16)17/h6-9,13-14H,2-5,10H2,1H3,(H,16,17). The van der Waals surface area contributed by atoms with E-state index in [1.807, 2.05) is 0 Å². The van der Waals surface area contributed by atoms with Gasteiger partial charge in [-0.3, -0.25) is 4.79 Å². The van der Waals surface area contributed by atoms with E-state index in [2.05, 4.69) is 31.2 Å². The van der Waals surface area contributed by atoms with Crippen molar-refractivity contribution in [1.82, 2.24) is 0 Å². The fraction of sp³-hybridized carbons (Fsp3) is 0.533. The summed E-state index contributed by atoms with van der Waals surface area (Å²) in [6.45, 7) is 2.15. The van der Waals surface area contributed by atoms with Crippen molar-refractivity contribution in [2.45, 2.75) is 44.9 Å². The van der Waals surface area contributed by atoms with E-state index >= 15 is 0 Å². The fourth-order valence-electron chi connectivity index (χ4n) is 2.74. The predicted octanol–water partition coefficient (Wildman–Crippen LogP) is 3.61. The first-order valence-corrected chi connectivity index (χ1v) is 6.52. The minimum Gasteiger partial charge on any atom is -0.481 e. The highest BCUT2D eigenvalue weighted by Gasteiger charge is 2.27. The second-order valence-corrected chi connectivity index (χ2v) is 4.99. The molecule has 1 aromatic rings. The minimum absolute atomic E-state index is 0.139. The summed E-state index contributed by atoms with van der Waals surface area (Å²) in [6.07, 6.45) is 4.88. The van der Waals surface area contributed by atoms with Gasteiger partial charge in [-0.15, -0.1) is 0 Å². The van der Waals surface area contributed by atoms with Gasteiger partial charge in [0.1, 0.15) is 0 Å². The van der Waals surface area contributed by atoms with Crippen LogP contribution in [0.4, 0.5) is 0 Å². The van der Waals surface area contributed by atoms with Crippen molar-refractivity contribution in [3.05, 3.63) is 35.4 Å². The van der Waals surface area contributed by atoms with Crippen LogP contribution < -0.4 is 0 Å². The van der Waals surface area contributed by atoms with Crippen LogP contribution in [0.1, 0.15) is 49.7 Å². The van der Waals surface area contributed by atoms with Crippen molar-refractivity contribution >= 4 is 5.97 Å². The molecule has 2 atom stereocenters. The largest absolute Gasteiger partial charge is 0.481 e. The number of carboxylic acids is 1. The summed E-state index contributed by atoms with van der Waals surface area (Å²) in [7, 11) is 0. The molecule has 1 fully saturated rings. The summed E-state index contributed by atoms with van der Waals surface area (Å²) >= 11 is 0. The molecule has 0 heterocycles. The molecule has 1 aliphatic carbocycles. The molecular formula is C15H20O2. The molecule has 1 aliphatic rings. The van der Waals surface area contributed by atoms with Gasteiger partial charge >= 0.3 is 5.97 Å². The van der Waals surface area contributed by atoms with Crippen molar-refractivity contribution in [3.63, 3.8) is 0 Å². The first-order chi connectivity index (χ1) is 8.20. The van der Waals surface area contributed by atoms with Crippen LogP contribution in [0.2, 0.25) is 0 Å². The molecule has 1 N–H and O–H groups in total. The lowest BCUT2D eigenvalue weighted by Gasteiger charge is -2.27. The van der Waals surface area contributed by atoms with Crippen LogP contribution >= 0.6 is 0 Å². The third-order valence-electron chi connectivity index (χ3n) is 3.88. The Balaban J connectivity index is 2.08. The van der Waals surface area contributed by atoms with Crippen LogP contribution in [-0.2, 0) is 11.2 Å². The Hall–Kier alpha value is -1.31. The summed E-state index contributed by atoms with van der Waals surface area (Å²) in [6, 6.07) is 8.68. The Morgan fingerprint density at radius 1 is 1.29 bits per heavy atom. The molecule has 0 amide bonds. The number of carbonyl (C=O) groups is 1. The number of hydrogen-bond donors (Lipinski definition) is 1. The molecule has 17 heavy (non-hydrogen) atoms. The number of aryl methyl sites for hydroxylation is 1. The molecular weight excluding hydrogens is 212 g/mol. The van der Waals surface area contributed by atoms with Crippen LogP contribution in [0.3, 0.4) is 0 Å². The topological polar surface area (TPSA) is 37.3 Å². The van der Waals surface area contributed by atoms with Crippen LogP contribution in [0.15, 0.2) is 24.3 Å². The second-order valence-electron chi connectivity index (χ2n) is 4.99. The van der Waals surface area contributed by atoms with E-state index < -0.39 is 5.97 Å². The molecule has 1 aromatic carbocycles. The van der Waals surface area contributed by atoms with Gasteiger partial charge in [0, 0.05) is 0 Å². The van der Waals surface area contributed by atoms with Crippen molar-refractivity contribution in [2.75, 3.05) is 0 Å². The van der Waals surface area contributed by atoms with E-state index in [1.54, 1.807) is 0 Å². The lowest BCUT2D eigenvalue weighted by Crippen LogP contribution is -2.21. The van der Waals surface area contributed by atoms with Crippen molar-refractivity contribution in [2.24, 2.45) is 5.92 Å². The predicted molar refractivity (Wildman–Crippen MR) is 68.2 cm³/mol. The van der Waals surface area contributed by atoms with Gasteiger partial charge in [-0.25, -0.2) is 0 Å². The summed E-state index contributed by atoms with van der Waals surface area (Å²) in [4.78, 5) is 11.0. The number of rotatable bonds is 3. The Kier molecular flexibility index (Phi) is 3.82. The zero-order valence-corrected chi connectivity index (χ0v) is 10.4. The molecule has 2 unspecified atom stereocenters. The van der Waals surface area contributed by atoms with Gasteiger partial charge in [0.25, 0.3) is 0 Å². The molecule has 0 bridgehead atoms. The molecule has 0 saturated heterocycles. The smallest absolute Gasteiger partial charge is 0.306 e. The molecule has 0 aliphatic heterocycles. The third-order valence-corrected chi connectivity index (χ3v) is 3.88. The van der Waals surface area contributed by atoms with E-state index in [0.717, 1.165) is 32.1 Å². The molecule has 2 heteroatoms. The molecule has 0 aromatic heterocycles. The Labute approximate surface area is 103 Å². The summed E-state index contributed by atoms with van der Waals surface area (Å²) < 4.78 is 0. The highest BCUT2D eigenvalue weighted by Crippen LogP contribution is 2.36. The molecule has 1 saturated carbocycles. The van der Waals surface area contributed by atoms with E-state index in [-0.39, 0.29) is 5.92 Å². The van der Waals surface area contributed by atoms with Gasteiger partial charge in [-0.05, 0) is 42.7 Å². The second kappa shape index (κ2) is 5.35. The summed E-state index contributed by atoms with van der Waals surface area (Å²) in [5.41, 5.74) is 2.66.